The second-order valence-corrected chi connectivity index (χ2v) is 12.2. The second-order valence-electron chi connectivity index (χ2n) is 7.97. The number of amides is 1. The van der Waals surface area contributed by atoms with Crippen molar-refractivity contribution in [2.24, 2.45) is 0 Å². The van der Waals surface area contributed by atoms with Crippen LogP contribution in [0.1, 0.15) is 37.5 Å². The number of aliphatic hydroxyl groups excluding tert-OH is 1. The van der Waals surface area contributed by atoms with Crippen molar-refractivity contribution in [2.45, 2.75) is 30.0 Å². The van der Waals surface area contributed by atoms with Crippen molar-refractivity contribution in [3.8, 4) is 0 Å². The number of carbonyl (C=O) groups is 2. The van der Waals surface area contributed by atoms with Gasteiger partial charge in [0.15, 0.2) is 10.1 Å². The largest absolute Gasteiger partial charge is 0.503 e. The first-order valence-electron chi connectivity index (χ1n) is 10.8. The average Bonchev–Trinajstić information content (AvgIpc) is 3.54. The lowest BCUT2D eigenvalue weighted by molar-refractivity contribution is -0.117. The summed E-state index contributed by atoms with van der Waals surface area (Å²) in [6.45, 7) is 3.53. The molecule has 0 bridgehead atoms. The molecule has 0 aliphatic carbocycles. The van der Waals surface area contributed by atoms with Gasteiger partial charge in [-0.3, -0.25) is 19.5 Å². The summed E-state index contributed by atoms with van der Waals surface area (Å²) in [6, 6.07) is 7.76. The number of thiazole rings is 1. The van der Waals surface area contributed by atoms with Gasteiger partial charge in [0.1, 0.15) is 0 Å². The fraction of sp³-hybridized carbons (Fsp3) is 0.167. The molecule has 1 aliphatic heterocycles. The molecule has 0 saturated carbocycles. The van der Waals surface area contributed by atoms with Crippen molar-refractivity contribution >= 4 is 74.5 Å². The number of Topliss-reactive ketones (excluding diaryl/α,β-unsaturated/α-hetero) is 1. The van der Waals surface area contributed by atoms with Gasteiger partial charge in [0, 0.05) is 28.2 Å². The normalized spacial score (nSPS) is 15.6. The Balaban J connectivity index is 1.48. The molecule has 0 fully saturated rings. The van der Waals surface area contributed by atoms with E-state index in [-0.39, 0.29) is 10.7 Å². The summed E-state index contributed by atoms with van der Waals surface area (Å²) in [5, 5.41) is 21.4. The zero-order chi connectivity index (χ0) is 26.3. The number of ketones is 1. The van der Waals surface area contributed by atoms with Crippen LogP contribution in [0.2, 0.25) is 10.0 Å². The van der Waals surface area contributed by atoms with Gasteiger partial charge in [0.2, 0.25) is 10.9 Å². The molecule has 188 valence electrons. The summed E-state index contributed by atoms with van der Waals surface area (Å²) in [5.74, 6) is -1.27. The summed E-state index contributed by atoms with van der Waals surface area (Å²) >= 11 is 16.1. The van der Waals surface area contributed by atoms with Gasteiger partial charge in [-0.2, -0.15) is 0 Å². The van der Waals surface area contributed by atoms with Gasteiger partial charge in [-0.25, -0.2) is 4.98 Å². The highest BCUT2D eigenvalue weighted by Gasteiger charge is 2.46. The Morgan fingerprint density at radius 2 is 1.89 bits per heavy atom. The zero-order valence-electron chi connectivity index (χ0n) is 19.3. The van der Waals surface area contributed by atoms with Crippen molar-refractivity contribution in [1.82, 2.24) is 20.2 Å². The van der Waals surface area contributed by atoms with Gasteiger partial charge in [-0.05, 0) is 49.2 Å². The van der Waals surface area contributed by atoms with Gasteiger partial charge < -0.3 is 5.11 Å². The number of rotatable bonds is 7. The van der Waals surface area contributed by atoms with E-state index >= 15 is 0 Å². The Bertz CT molecular complexity index is 1550. The highest BCUT2D eigenvalue weighted by molar-refractivity contribution is 8.00. The van der Waals surface area contributed by atoms with Crippen LogP contribution in [0.25, 0.3) is 0 Å². The van der Waals surface area contributed by atoms with Crippen molar-refractivity contribution in [2.75, 3.05) is 4.90 Å². The van der Waals surface area contributed by atoms with E-state index < -0.39 is 23.5 Å². The number of pyridine rings is 1. The smallest absolute Gasteiger partial charge is 0.296 e. The molecule has 1 N–H and O–H groups in total. The molecule has 0 saturated heterocycles. The van der Waals surface area contributed by atoms with E-state index in [2.05, 4.69) is 20.2 Å². The number of thioether (sulfide) groups is 1. The van der Waals surface area contributed by atoms with E-state index in [1.807, 2.05) is 6.07 Å². The molecule has 8 nitrogen and oxygen atoms in total. The van der Waals surface area contributed by atoms with Crippen LogP contribution < -0.4 is 4.90 Å². The molecule has 1 aliphatic rings. The Labute approximate surface area is 234 Å². The number of hydrogen-bond acceptors (Lipinski definition) is 10. The Morgan fingerprint density at radius 3 is 2.57 bits per heavy atom. The molecule has 1 unspecified atom stereocenters. The molecule has 4 heterocycles. The van der Waals surface area contributed by atoms with Crippen LogP contribution in [-0.4, -0.2) is 37.0 Å². The lowest BCUT2D eigenvalue weighted by Crippen LogP contribution is -2.31. The standard InChI is InChI=1S/C24H17Cl2N5O3S3/c1-11-21(36-12(2)28-11)19(32)17-18(13-5-7-27-8-6-13)31(22(34)20(17)33)23-29-30-24(37-23)35-10-14-3-4-15(25)9-16(14)26/h3-9,18,33H,10H2,1-2H3. The quantitative estimate of drug-likeness (QED) is 0.150. The van der Waals surface area contributed by atoms with Crippen molar-refractivity contribution in [3.63, 3.8) is 0 Å². The SMILES string of the molecule is Cc1nc(C)c(C(=O)C2=C(O)C(=O)N(c3nnc(SCc4ccc(Cl)cc4Cl)s3)C2c2ccncc2)s1. The first kappa shape index (κ1) is 25.8. The maximum absolute atomic E-state index is 13.6. The monoisotopic (exact) mass is 589 g/mol. The fourth-order valence-corrected chi connectivity index (χ4v) is 7.20. The summed E-state index contributed by atoms with van der Waals surface area (Å²) in [7, 11) is 0. The number of aliphatic hydroxyl groups is 1. The van der Waals surface area contributed by atoms with E-state index in [1.54, 1.807) is 50.5 Å². The van der Waals surface area contributed by atoms with Gasteiger partial charge in [0.05, 0.1) is 27.2 Å². The van der Waals surface area contributed by atoms with Crippen molar-refractivity contribution in [3.05, 3.63) is 90.8 Å². The van der Waals surface area contributed by atoms with Crippen LogP contribution in [0.3, 0.4) is 0 Å². The van der Waals surface area contributed by atoms with Gasteiger partial charge in [-0.15, -0.1) is 21.5 Å². The number of anilines is 1. The molecule has 37 heavy (non-hydrogen) atoms. The Kier molecular flexibility index (Phi) is 7.32. The summed E-state index contributed by atoms with van der Waals surface area (Å²) in [4.78, 5) is 37.0. The minimum Gasteiger partial charge on any atom is -0.503 e. The molecule has 0 spiro atoms. The first-order valence-corrected chi connectivity index (χ1v) is 14.2. The van der Waals surface area contributed by atoms with E-state index in [0.29, 0.717) is 41.3 Å². The highest BCUT2D eigenvalue weighted by Crippen LogP contribution is 2.44. The van der Waals surface area contributed by atoms with Crippen LogP contribution in [0.5, 0.6) is 0 Å². The lowest BCUT2D eigenvalue weighted by atomic mass is 9.96. The molecule has 3 aromatic heterocycles. The number of benzene rings is 1. The predicted molar refractivity (Wildman–Crippen MR) is 146 cm³/mol. The van der Waals surface area contributed by atoms with E-state index in [1.165, 1.54) is 39.3 Å². The number of carbonyl (C=O) groups excluding carboxylic acids is 2. The van der Waals surface area contributed by atoms with Crippen LogP contribution in [0.4, 0.5) is 5.13 Å². The summed E-state index contributed by atoms with van der Waals surface area (Å²) < 4.78 is 0.593. The van der Waals surface area contributed by atoms with Crippen molar-refractivity contribution in [1.29, 1.82) is 0 Å². The average molecular weight is 591 g/mol. The predicted octanol–water partition coefficient (Wildman–Crippen LogP) is 6.39. The number of nitrogens with zero attached hydrogens (tertiary/aromatic N) is 5. The molecule has 5 rings (SSSR count). The fourth-order valence-electron chi connectivity index (χ4n) is 3.90. The maximum atomic E-state index is 13.6. The molecule has 1 amide bonds. The number of aromatic nitrogens is 4. The van der Waals surface area contributed by atoms with E-state index in [9.17, 15) is 14.7 Å². The molecule has 13 heteroatoms. The van der Waals surface area contributed by atoms with Crippen LogP contribution >= 0.6 is 57.6 Å². The van der Waals surface area contributed by atoms with Gasteiger partial charge in [0.25, 0.3) is 5.91 Å². The van der Waals surface area contributed by atoms with Crippen LogP contribution in [0.15, 0.2) is 58.4 Å². The minimum atomic E-state index is -0.902. The van der Waals surface area contributed by atoms with Crippen LogP contribution in [-0.2, 0) is 10.5 Å². The topological polar surface area (TPSA) is 109 Å². The molecular formula is C24H17Cl2N5O3S3. The molecule has 4 aromatic rings. The third-order valence-electron chi connectivity index (χ3n) is 5.55. The summed E-state index contributed by atoms with van der Waals surface area (Å²) in [6.07, 6.45) is 3.13. The molecule has 0 radical (unpaired) electrons. The first-order chi connectivity index (χ1) is 17.7. The third-order valence-corrected chi connectivity index (χ3v) is 9.32. The van der Waals surface area contributed by atoms with E-state index in [4.69, 9.17) is 23.2 Å². The minimum absolute atomic E-state index is 0.0275. The number of halogens is 2. The summed E-state index contributed by atoms with van der Waals surface area (Å²) in [5.41, 5.74) is 2.00. The molecule has 1 aromatic carbocycles. The Hall–Kier alpha value is -2.83. The third kappa shape index (κ3) is 5.01. The number of hydrogen-bond donors (Lipinski definition) is 1. The Morgan fingerprint density at radius 1 is 1.14 bits per heavy atom. The van der Waals surface area contributed by atoms with E-state index in [0.717, 1.165) is 5.56 Å². The second kappa shape index (κ2) is 10.5. The van der Waals surface area contributed by atoms with Crippen molar-refractivity contribution < 1.29 is 14.7 Å². The van der Waals surface area contributed by atoms with Gasteiger partial charge in [-0.1, -0.05) is 52.4 Å². The molecular weight excluding hydrogens is 573 g/mol. The number of aryl methyl sites for hydroxylation is 2. The highest BCUT2D eigenvalue weighted by atomic mass is 35.5. The molecule has 1 atom stereocenters. The van der Waals surface area contributed by atoms with Crippen LogP contribution in [0, 0.1) is 13.8 Å². The zero-order valence-corrected chi connectivity index (χ0v) is 23.3. The maximum Gasteiger partial charge on any atom is 0.296 e. The van der Waals surface area contributed by atoms with Gasteiger partial charge >= 0.3 is 0 Å². The lowest BCUT2D eigenvalue weighted by Gasteiger charge is -2.23.